The molecular formula is C19H27N3O3. The first-order valence-corrected chi connectivity index (χ1v) is 9.41. The number of carbonyl (C=O) groups is 1. The highest BCUT2D eigenvalue weighted by Gasteiger charge is 2.61. The summed E-state index contributed by atoms with van der Waals surface area (Å²) in [5, 5.41) is 9.47. The van der Waals surface area contributed by atoms with Gasteiger partial charge >= 0.3 is 0 Å². The Bertz CT molecular complexity index is 651. The van der Waals surface area contributed by atoms with Gasteiger partial charge in [-0.1, -0.05) is 6.07 Å². The van der Waals surface area contributed by atoms with Crippen molar-refractivity contribution in [2.45, 2.75) is 50.2 Å². The van der Waals surface area contributed by atoms with Crippen LogP contribution >= 0.6 is 0 Å². The van der Waals surface area contributed by atoms with Gasteiger partial charge in [0.2, 0.25) is 5.88 Å². The van der Waals surface area contributed by atoms with Crippen LogP contribution in [0.4, 0.5) is 0 Å². The number of pyridine rings is 1. The van der Waals surface area contributed by atoms with Gasteiger partial charge in [0.05, 0.1) is 5.60 Å². The molecule has 1 aromatic heterocycles. The van der Waals surface area contributed by atoms with Crippen molar-refractivity contribution in [2.75, 3.05) is 32.7 Å². The van der Waals surface area contributed by atoms with Gasteiger partial charge in [0.25, 0.3) is 5.91 Å². The lowest BCUT2D eigenvalue weighted by Gasteiger charge is -2.50. The van der Waals surface area contributed by atoms with Crippen molar-refractivity contribution in [3.8, 4) is 5.88 Å². The van der Waals surface area contributed by atoms with Gasteiger partial charge < -0.3 is 19.6 Å². The Labute approximate surface area is 148 Å². The van der Waals surface area contributed by atoms with Crippen molar-refractivity contribution in [2.24, 2.45) is 0 Å². The molecule has 0 radical (unpaired) electrons. The van der Waals surface area contributed by atoms with E-state index in [0.29, 0.717) is 0 Å². The molecule has 25 heavy (non-hydrogen) atoms. The standard InChI is InChI=1S/C19H27N3O3/c1-2-22-14-18(25-19(7-8-19)17(22)24)9-12-21(13-10-18)11-6-15-4-3-5-16(23)20-15/h3-5H,2,6-14H2,1H3,(H,20,23). The number of carbonyl (C=O) groups excluding carboxylic acids is 1. The Morgan fingerprint density at radius 1 is 1.24 bits per heavy atom. The lowest BCUT2D eigenvalue weighted by molar-refractivity contribution is -0.200. The van der Waals surface area contributed by atoms with Gasteiger partial charge in [-0.15, -0.1) is 0 Å². The molecule has 0 unspecified atom stereocenters. The molecule has 3 heterocycles. The maximum Gasteiger partial charge on any atom is 0.254 e. The fourth-order valence-corrected chi connectivity index (χ4v) is 4.21. The first-order chi connectivity index (χ1) is 12.0. The minimum absolute atomic E-state index is 0.0877. The van der Waals surface area contributed by atoms with Crippen LogP contribution in [0.2, 0.25) is 0 Å². The second kappa shape index (κ2) is 6.25. The number of likely N-dealkylation sites (N-methyl/N-ethyl adjacent to an activating group) is 1. The van der Waals surface area contributed by atoms with E-state index in [2.05, 4.69) is 16.8 Å². The van der Waals surface area contributed by atoms with E-state index in [4.69, 9.17) is 4.74 Å². The van der Waals surface area contributed by atoms with Crippen LogP contribution < -0.4 is 0 Å². The van der Waals surface area contributed by atoms with Gasteiger partial charge in [-0.25, -0.2) is 4.98 Å². The van der Waals surface area contributed by atoms with Gasteiger partial charge in [0.1, 0.15) is 5.60 Å². The summed E-state index contributed by atoms with van der Waals surface area (Å²) in [6.45, 7) is 6.49. The molecule has 1 saturated carbocycles. The van der Waals surface area contributed by atoms with E-state index in [0.717, 1.165) is 70.5 Å². The highest BCUT2D eigenvalue weighted by molar-refractivity contribution is 5.89. The van der Waals surface area contributed by atoms with Gasteiger partial charge in [0.15, 0.2) is 0 Å². The number of likely N-dealkylation sites (tertiary alicyclic amines) is 1. The maximum absolute atomic E-state index is 12.5. The summed E-state index contributed by atoms with van der Waals surface area (Å²) in [7, 11) is 0. The zero-order chi connectivity index (χ0) is 17.5. The third kappa shape index (κ3) is 3.25. The number of piperidine rings is 1. The minimum Gasteiger partial charge on any atom is -0.493 e. The molecule has 2 spiro atoms. The molecule has 1 aliphatic carbocycles. The van der Waals surface area contributed by atoms with Crippen LogP contribution in [0.5, 0.6) is 5.88 Å². The smallest absolute Gasteiger partial charge is 0.254 e. The largest absolute Gasteiger partial charge is 0.493 e. The molecule has 136 valence electrons. The fraction of sp³-hybridized carbons (Fsp3) is 0.684. The molecule has 0 aromatic carbocycles. The molecule has 1 aromatic rings. The number of amides is 1. The molecule has 2 saturated heterocycles. The van der Waals surface area contributed by atoms with E-state index in [1.54, 1.807) is 6.07 Å². The number of nitrogens with zero attached hydrogens (tertiary/aromatic N) is 3. The first-order valence-electron chi connectivity index (χ1n) is 9.41. The van der Waals surface area contributed by atoms with E-state index in [-0.39, 0.29) is 17.4 Å². The van der Waals surface area contributed by atoms with E-state index in [9.17, 15) is 9.90 Å². The molecule has 3 aliphatic rings. The lowest BCUT2D eigenvalue weighted by Crippen LogP contribution is -2.62. The average Bonchev–Trinajstić information content (AvgIpc) is 3.38. The Morgan fingerprint density at radius 2 is 2.00 bits per heavy atom. The van der Waals surface area contributed by atoms with Crippen molar-refractivity contribution in [3.05, 3.63) is 23.9 Å². The molecule has 4 rings (SSSR count). The second-order valence-corrected chi connectivity index (χ2v) is 7.68. The van der Waals surface area contributed by atoms with Crippen LogP contribution in [0, 0.1) is 0 Å². The molecule has 0 bridgehead atoms. The molecule has 1 amide bonds. The van der Waals surface area contributed by atoms with Crippen molar-refractivity contribution < 1.29 is 14.6 Å². The number of aromatic hydroxyl groups is 1. The minimum atomic E-state index is -0.484. The summed E-state index contributed by atoms with van der Waals surface area (Å²) in [6, 6.07) is 5.39. The molecule has 3 fully saturated rings. The number of hydrogen-bond donors (Lipinski definition) is 1. The van der Waals surface area contributed by atoms with E-state index < -0.39 is 5.60 Å². The topological polar surface area (TPSA) is 65.9 Å². The quantitative estimate of drug-likeness (QED) is 0.897. The normalized spacial score (nSPS) is 24.8. The van der Waals surface area contributed by atoms with Crippen molar-refractivity contribution in [3.63, 3.8) is 0 Å². The number of rotatable bonds is 4. The van der Waals surface area contributed by atoms with Crippen LogP contribution in [-0.4, -0.2) is 69.7 Å². The van der Waals surface area contributed by atoms with E-state index in [1.165, 1.54) is 0 Å². The summed E-state index contributed by atoms with van der Waals surface area (Å²) in [5.41, 5.74) is 0.288. The Morgan fingerprint density at radius 3 is 2.64 bits per heavy atom. The predicted molar refractivity (Wildman–Crippen MR) is 93.3 cm³/mol. The SMILES string of the molecule is CCN1CC2(CCN(CCc3cccc(O)n3)CC2)OC2(CC2)C1=O. The molecule has 6 nitrogen and oxygen atoms in total. The number of aromatic nitrogens is 1. The summed E-state index contributed by atoms with van der Waals surface area (Å²) < 4.78 is 6.42. The fourth-order valence-electron chi connectivity index (χ4n) is 4.21. The third-order valence-corrected chi connectivity index (χ3v) is 5.90. The monoisotopic (exact) mass is 345 g/mol. The maximum atomic E-state index is 12.5. The summed E-state index contributed by atoms with van der Waals surface area (Å²) in [4.78, 5) is 21.1. The van der Waals surface area contributed by atoms with Gasteiger partial charge in [-0.2, -0.15) is 0 Å². The Kier molecular flexibility index (Phi) is 4.20. The Balaban J connectivity index is 1.34. The number of morpholine rings is 1. The second-order valence-electron chi connectivity index (χ2n) is 7.68. The summed E-state index contributed by atoms with van der Waals surface area (Å²) in [6.07, 6.45) is 4.57. The Hall–Kier alpha value is -1.66. The van der Waals surface area contributed by atoms with Crippen molar-refractivity contribution >= 4 is 5.91 Å². The van der Waals surface area contributed by atoms with Gasteiger partial charge in [-0.3, -0.25) is 4.79 Å². The van der Waals surface area contributed by atoms with Crippen LogP contribution in [0.25, 0.3) is 0 Å². The first kappa shape index (κ1) is 16.8. The molecule has 6 heteroatoms. The number of hydrogen-bond acceptors (Lipinski definition) is 5. The molecular weight excluding hydrogens is 318 g/mol. The van der Waals surface area contributed by atoms with E-state index >= 15 is 0 Å². The molecule has 2 aliphatic heterocycles. The van der Waals surface area contributed by atoms with Crippen LogP contribution in [-0.2, 0) is 16.0 Å². The lowest BCUT2D eigenvalue weighted by atomic mass is 9.88. The average molecular weight is 345 g/mol. The highest BCUT2D eigenvalue weighted by atomic mass is 16.5. The zero-order valence-corrected chi connectivity index (χ0v) is 14.9. The van der Waals surface area contributed by atoms with E-state index in [1.807, 2.05) is 17.0 Å². The van der Waals surface area contributed by atoms with Crippen LogP contribution in [0.3, 0.4) is 0 Å². The highest BCUT2D eigenvalue weighted by Crippen LogP contribution is 2.49. The van der Waals surface area contributed by atoms with Crippen LogP contribution in [0.15, 0.2) is 18.2 Å². The van der Waals surface area contributed by atoms with Gasteiger partial charge in [-0.05, 0) is 38.7 Å². The zero-order valence-electron chi connectivity index (χ0n) is 14.9. The van der Waals surface area contributed by atoms with Gasteiger partial charge in [0, 0.05) is 50.9 Å². The van der Waals surface area contributed by atoms with Crippen molar-refractivity contribution in [1.29, 1.82) is 0 Å². The van der Waals surface area contributed by atoms with Crippen LogP contribution in [0.1, 0.15) is 38.3 Å². The third-order valence-electron chi connectivity index (χ3n) is 5.90. The predicted octanol–water partition coefficient (Wildman–Crippen LogP) is 1.58. The summed E-state index contributed by atoms with van der Waals surface area (Å²) in [5.74, 6) is 0.294. The summed E-state index contributed by atoms with van der Waals surface area (Å²) >= 11 is 0. The molecule has 0 atom stereocenters. The van der Waals surface area contributed by atoms with Crippen molar-refractivity contribution in [1.82, 2.24) is 14.8 Å². The number of ether oxygens (including phenoxy) is 1. The molecule has 1 N–H and O–H groups in total.